The molecule has 5 heteroatoms. The average molecular weight is 207 g/mol. The monoisotopic (exact) mass is 207 g/mol. The number of carboxylic acids is 1. The quantitative estimate of drug-likeness (QED) is 0.540. The highest BCUT2D eigenvalue weighted by Crippen LogP contribution is 2.07. The van der Waals surface area contributed by atoms with Crippen LogP contribution in [0.15, 0.2) is 0 Å². The zero-order chi connectivity index (χ0) is 9.72. The molecule has 0 radical (unpaired) electrons. The standard InChI is InChI=1S/C7H13NO2S2/c1-3-5(6(9)10)8(4-2)7(11)12/h5H,3-4H2,1-2H3,(H,9,10)(H,11,12). The molecule has 0 aromatic rings. The van der Waals surface area contributed by atoms with Gasteiger partial charge in [-0.2, -0.15) is 0 Å². The van der Waals surface area contributed by atoms with Crippen LogP contribution in [0.5, 0.6) is 0 Å². The predicted molar refractivity (Wildman–Crippen MR) is 55.7 cm³/mol. The van der Waals surface area contributed by atoms with Gasteiger partial charge in [0.15, 0.2) is 0 Å². The van der Waals surface area contributed by atoms with Gasteiger partial charge in [0.2, 0.25) is 0 Å². The number of rotatable bonds is 4. The molecular formula is C7H13NO2S2. The lowest BCUT2D eigenvalue weighted by molar-refractivity contribution is -0.141. The Morgan fingerprint density at radius 1 is 1.67 bits per heavy atom. The van der Waals surface area contributed by atoms with Gasteiger partial charge in [0.1, 0.15) is 10.4 Å². The predicted octanol–water partition coefficient (Wildman–Crippen LogP) is 1.39. The van der Waals surface area contributed by atoms with E-state index in [9.17, 15) is 4.79 Å². The van der Waals surface area contributed by atoms with Crippen LogP contribution in [0.2, 0.25) is 0 Å². The summed E-state index contributed by atoms with van der Waals surface area (Å²) in [5.41, 5.74) is 0. The Morgan fingerprint density at radius 2 is 2.17 bits per heavy atom. The highest BCUT2D eigenvalue weighted by molar-refractivity contribution is 8.10. The Morgan fingerprint density at radius 3 is 2.25 bits per heavy atom. The summed E-state index contributed by atoms with van der Waals surface area (Å²) in [6.45, 7) is 4.24. The second kappa shape index (κ2) is 5.37. The normalized spacial score (nSPS) is 12.2. The molecule has 0 fully saturated rings. The van der Waals surface area contributed by atoms with Gasteiger partial charge in [0.25, 0.3) is 0 Å². The first-order valence-corrected chi connectivity index (χ1v) is 4.62. The number of thiocarbonyl (C=S) groups is 1. The first-order chi connectivity index (χ1) is 5.54. The molecule has 0 spiro atoms. The molecule has 0 rings (SSSR count). The summed E-state index contributed by atoms with van der Waals surface area (Å²) in [7, 11) is 0. The molecule has 1 atom stereocenters. The second-order valence-electron chi connectivity index (χ2n) is 2.33. The van der Waals surface area contributed by atoms with Crippen LogP contribution in [-0.2, 0) is 4.79 Å². The molecule has 0 amide bonds. The van der Waals surface area contributed by atoms with E-state index in [0.717, 1.165) is 0 Å². The maximum Gasteiger partial charge on any atom is 0.326 e. The maximum atomic E-state index is 10.7. The van der Waals surface area contributed by atoms with Crippen molar-refractivity contribution in [3.8, 4) is 0 Å². The topological polar surface area (TPSA) is 40.5 Å². The van der Waals surface area contributed by atoms with Gasteiger partial charge in [0.05, 0.1) is 0 Å². The Labute approximate surface area is 83.2 Å². The van der Waals surface area contributed by atoms with E-state index < -0.39 is 12.0 Å². The summed E-state index contributed by atoms with van der Waals surface area (Å²) in [5.74, 6) is -0.851. The zero-order valence-electron chi connectivity index (χ0n) is 7.15. The van der Waals surface area contributed by atoms with E-state index in [-0.39, 0.29) is 0 Å². The van der Waals surface area contributed by atoms with Crippen molar-refractivity contribution in [2.75, 3.05) is 6.54 Å². The van der Waals surface area contributed by atoms with Crippen LogP contribution in [0.4, 0.5) is 0 Å². The fourth-order valence-electron chi connectivity index (χ4n) is 1.02. The first kappa shape index (κ1) is 11.7. The highest BCUT2D eigenvalue weighted by atomic mass is 32.1. The number of likely N-dealkylation sites (N-methyl/N-ethyl adjacent to an activating group) is 1. The summed E-state index contributed by atoms with van der Waals surface area (Å²) in [5, 5.41) is 8.79. The van der Waals surface area contributed by atoms with Crippen LogP contribution in [0.1, 0.15) is 20.3 Å². The number of carboxylic acid groups (broad SMARTS) is 1. The Kier molecular flexibility index (Phi) is 5.24. The minimum absolute atomic E-state index is 0.340. The zero-order valence-corrected chi connectivity index (χ0v) is 8.86. The minimum Gasteiger partial charge on any atom is -0.480 e. The molecule has 0 aliphatic carbocycles. The molecule has 3 nitrogen and oxygen atoms in total. The molecule has 1 unspecified atom stereocenters. The van der Waals surface area contributed by atoms with Gasteiger partial charge in [-0.05, 0) is 13.3 Å². The molecule has 0 heterocycles. The number of nitrogens with zero attached hydrogens (tertiary/aromatic N) is 1. The van der Waals surface area contributed by atoms with Crippen LogP contribution in [0.3, 0.4) is 0 Å². The largest absolute Gasteiger partial charge is 0.480 e. The van der Waals surface area contributed by atoms with E-state index in [2.05, 4.69) is 12.6 Å². The summed E-state index contributed by atoms with van der Waals surface area (Å²) in [4.78, 5) is 12.3. The van der Waals surface area contributed by atoms with Gasteiger partial charge in [-0.15, -0.1) is 12.6 Å². The Bertz CT molecular complexity index is 164. The molecule has 0 aromatic carbocycles. The van der Waals surface area contributed by atoms with Crippen molar-refractivity contribution in [2.45, 2.75) is 26.3 Å². The van der Waals surface area contributed by atoms with Crippen molar-refractivity contribution >= 4 is 35.1 Å². The SMILES string of the molecule is CCC(C(=O)O)N(CC)C(=S)S. The molecule has 0 aliphatic heterocycles. The van der Waals surface area contributed by atoms with E-state index in [1.807, 2.05) is 13.8 Å². The van der Waals surface area contributed by atoms with E-state index >= 15 is 0 Å². The number of hydrogen-bond acceptors (Lipinski definition) is 2. The number of aliphatic carboxylic acids is 1. The van der Waals surface area contributed by atoms with Crippen LogP contribution in [0.25, 0.3) is 0 Å². The minimum atomic E-state index is -0.851. The van der Waals surface area contributed by atoms with Crippen LogP contribution in [-0.4, -0.2) is 32.9 Å². The van der Waals surface area contributed by atoms with Crippen molar-refractivity contribution in [2.24, 2.45) is 0 Å². The molecule has 0 aromatic heterocycles. The Balaban J connectivity index is 4.44. The lowest BCUT2D eigenvalue weighted by atomic mass is 10.2. The van der Waals surface area contributed by atoms with E-state index in [4.69, 9.17) is 17.3 Å². The summed E-state index contributed by atoms with van der Waals surface area (Å²) < 4.78 is 0.340. The third-order valence-electron chi connectivity index (χ3n) is 1.63. The highest BCUT2D eigenvalue weighted by Gasteiger charge is 2.22. The average Bonchev–Trinajstić information content (AvgIpc) is 1.98. The van der Waals surface area contributed by atoms with Crippen molar-refractivity contribution < 1.29 is 9.90 Å². The van der Waals surface area contributed by atoms with Crippen molar-refractivity contribution in [1.29, 1.82) is 0 Å². The van der Waals surface area contributed by atoms with Gasteiger partial charge in [-0.25, -0.2) is 4.79 Å². The molecular weight excluding hydrogens is 194 g/mol. The lowest BCUT2D eigenvalue weighted by Crippen LogP contribution is -2.42. The van der Waals surface area contributed by atoms with Crippen LogP contribution < -0.4 is 0 Å². The van der Waals surface area contributed by atoms with Crippen molar-refractivity contribution in [1.82, 2.24) is 4.90 Å². The van der Waals surface area contributed by atoms with E-state index in [0.29, 0.717) is 17.3 Å². The summed E-state index contributed by atoms with van der Waals surface area (Å²) in [6, 6.07) is -0.542. The fourth-order valence-corrected chi connectivity index (χ4v) is 1.55. The third-order valence-corrected chi connectivity index (χ3v) is 2.13. The molecule has 70 valence electrons. The molecule has 12 heavy (non-hydrogen) atoms. The molecule has 0 saturated carbocycles. The summed E-state index contributed by atoms with van der Waals surface area (Å²) >= 11 is 8.76. The maximum absolute atomic E-state index is 10.7. The van der Waals surface area contributed by atoms with Crippen LogP contribution in [0, 0.1) is 0 Å². The first-order valence-electron chi connectivity index (χ1n) is 3.76. The lowest BCUT2D eigenvalue weighted by Gasteiger charge is -2.26. The van der Waals surface area contributed by atoms with Gasteiger partial charge in [-0.1, -0.05) is 19.1 Å². The molecule has 0 aliphatic rings. The Hall–Kier alpha value is -0.290. The number of carbonyl (C=O) groups is 1. The van der Waals surface area contributed by atoms with E-state index in [1.165, 1.54) is 0 Å². The second-order valence-corrected chi connectivity index (χ2v) is 3.44. The van der Waals surface area contributed by atoms with Gasteiger partial charge < -0.3 is 10.0 Å². The van der Waals surface area contributed by atoms with Gasteiger partial charge >= 0.3 is 5.97 Å². The van der Waals surface area contributed by atoms with Gasteiger partial charge in [-0.3, -0.25) is 0 Å². The van der Waals surface area contributed by atoms with E-state index in [1.54, 1.807) is 4.90 Å². The smallest absolute Gasteiger partial charge is 0.326 e. The molecule has 1 N–H and O–H groups in total. The van der Waals surface area contributed by atoms with Gasteiger partial charge in [0, 0.05) is 6.54 Å². The van der Waals surface area contributed by atoms with Crippen molar-refractivity contribution in [3.05, 3.63) is 0 Å². The molecule has 0 saturated heterocycles. The van der Waals surface area contributed by atoms with Crippen LogP contribution >= 0.6 is 24.8 Å². The van der Waals surface area contributed by atoms with Crippen molar-refractivity contribution in [3.63, 3.8) is 0 Å². The summed E-state index contributed by atoms with van der Waals surface area (Å²) in [6.07, 6.45) is 0.532. The fraction of sp³-hybridized carbons (Fsp3) is 0.714. The number of hydrogen-bond donors (Lipinski definition) is 2. The number of thiol groups is 1. The molecule has 0 bridgehead atoms. The third kappa shape index (κ3) is 2.98.